The maximum atomic E-state index is 14.7. The smallest absolute Gasteiger partial charge is 0.328 e. The summed E-state index contributed by atoms with van der Waals surface area (Å²) in [5.41, 5.74) is 3.83. The minimum Gasteiger partial charge on any atom is -0.493 e. The van der Waals surface area contributed by atoms with E-state index in [1.165, 1.54) is 6.07 Å². The highest BCUT2D eigenvalue weighted by molar-refractivity contribution is 9.10. The first-order chi connectivity index (χ1) is 15.6. The van der Waals surface area contributed by atoms with Gasteiger partial charge in [-0.15, -0.1) is 0 Å². The van der Waals surface area contributed by atoms with Gasteiger partial charge < -0.3 is 14.8 Å². The number of aliphatic hydroxyl groups is 1. The molecule has 1 aliphatic heterocycles. The largest absolute Gasteiger partial charge is 0.493 e. The lowest BCUT2D eigenvalue weighted by atomic mass is 9.72. The molecule has 3 aromatic rings. The summed E-state index contributed by atoms with van der Waals surface area (Å²) in [7, 11) is -3.55. The van der Waals surface area contributed by atoms with E-state index in [-0.39, 0.29) is 4.90 Å². The SMILES string of the molecule is CC(C)(CC(O)(Cc1cc2cc(Br)ccc2[nH]1)C(N)(F)F)c1cc(S(C)(=O)=O)cc2c1OCC2. The van der Waals surface area contributed by atoms with E-state index < -0.39 is 39.7 Å². The number of halogens is 3. The summed E-state index contributed by atoms with van der Waals surface area (Å²) in [6.45, 7) is 3.72. The molecular weight excluding hydrogens is 530 g/mol. The van der Waals surface area contributed by atoms with Crippen molar-refractivity contribution in [1.82, 2.24) is 4.98 Å². The van der Waals surface area contributed by atoms with Crippen LogP contribution in [0.1, 0.15) is 37.1 Å². The molecule has 184 valence electrons. The van der Waals surface area contributed by atoms with Gasteiger partial charge in [-0.05, 0) is 53.8 Å². The molecule has 0 bridgehead atoms. The number of hydrogen-bond donors (Lipinski definition) is 3. The van der Waals surface area contributed by atoms with E-state index in [1.54, 1.807) is 26.0 Å². The van der Waals surface area contributed by atoms with Crippen molar-refractivity contribution in [3.8, 4) is 5.75 Å². The van der Waals surface area contributed by atoms with Crippen LogP contribution in [0, 0.1) is 0 Å². The molecule has 0 radical (unpaired) electrons. The summed E-state index contributed by atoms with van der Waals surface area (Å²) in [5, 5.41) is 12.1. The summed E-state index contributed by atoms with van der Waals surface area (Å²) in [4.78, 5) is 3.16. The first-order valence-corrected chi connectivity index (χ1v) is 13.4. The number of hydrogen-bond acceptors (Lipinski definition) is 5. The molecule has 1 atom stereocenters. The predicted octanol–water partition coefficient (Wildman–Crippen LogP) is 4.46. The van der Waals surface area contributed by atoms with Crippen LogP contribution >= 0.6 is 15.9 Å². The lowest BCUT2D eigenvalue weighted by Crippen LogP contribution is -2.58. The van der Waals surface area contributed by atoms with E-state index in [0.717, 1.165) is 21.6 Å². The number of nitrogens with two attached hydrogens (primary N) is 1. The number of aromatic nitrogens is 1. The third-order valence-corrected chi connectivity index (χ3v) is 7.98. The molecule has 2 heterocycles. The number of aromatic amines is 1. The maximum Gasteiger partial charge on any atom is 0.328 e. The van der Waals surface area contributed by atoms with Crippen molar-refractivity contribution in [2.45, 2.75) is 55.1 Å². The number of rotatable bonds is 7. The molecule has 1 unspecified atom stereocenters. The van der Waals surface area contributed by atoms with Crippen molar-refractivity contribution < 1.29 is 27.0 Å². The van der Waals surface area contributed by atoms with Gasteiger partial charge in [0, 0.05) is 45.7 Å². The van der Waals surface area contributed by atoms with Crippen molar-refractivity contribution in [1.29, 1.82) is 0 Å². The normalized spacial score (nSPS) is 16.4. The van der Waals surface area contributed by atoms with E-state index in [2.05, 4.69) is 20.9 Å². The molecule has 4 N–H and O–H groups in total. The van der Waals surface area contributed by atoms with Crippen LogP contribution < -0.4 is 10.5 Å². The van der Waals surface area contributed by atoms with Crippen LogP contribution in [0.3, 0.4) is 0 Å². The van der Waals surface area contributed by atoms with Crippen LogP contribution in [0.4, 0.5) is 8.78 Å². The van der Waals surface area contributed by atoms with E-state index in [0.29, 0.717) is 35.6 Å². The molecule has 0 spiro atoms. The number of fused-ring (bicyclic) bond motifs is 2. The van der Waals surface area contributed by atoms with Crippen LogP contribution in [0.15, 0.2) is 45.8 Å². The molecular formula is C24H27BrF2N2O4S. The fraction of sp³-hybridized carbons (Fsp3) is 0.417. The van der Waals surface area contributed by atoms with Gasteiger partial charge in [0.2, 0.25) is 0 Å². The number of sulfone groups is 1. The van der Waals surface area contributed by atoms with Crippen molar-refractivity contribution >= 4 is 36.7 Å². The predicted molar refractivity (Wildman–Crippen MR) is 130 cm³/mol. The lowest BCUT2D eigenvalue weighted by Gasteiger charge is -2.40. The van der Waals surface area contributed by atoms with Gasteiger partial charge in [0.25, 0.3) is 0 Å². The average molecular weight is 557 g/mol. The Morgan fingerprint density at radius 2 is 1.91 bits per heavy atom. The first-order valence-electron chi connectivity index (χ1n) is 10.8. The molecule has 0 amide bonds. The fourth-order valence-corrected chi connectivity index (χ4v) is 5.76. The summed E-state index contributed by atoms with van der Waals surface area (Å²) < 4.78 is 60.6. The minimum absolute atomic E-state index is 0.0871. The van der Waals surface area contributed by atoms with Crippen LogP contribution in [0.2, 0.25) is 0 Å². The Bertz CT molecular complexity index is 1370. The Morgan fingerprint density at radius 1 is 1.21 bits per heavy atom. The van der Waals surface area contributed by atoms with E-state index >= 15 is 0 Å². The average Bonchev–Trinajstić information content (AvgIpc) is 3.30. The van der Waals surface area contributed by atoms with Gasteiger partial charge in [0.15, 0.2) is 9.84 Å². The van der Waals surface area contributed by atoms with Crippen molar-refractivity contribution in [2.75, 3.05) is 12.9 Å². The third-order valence-electron chi connectivity index (χ3n) is 6.39. The highest BCUT2D eigenvalue weighted by Gasteiger charge is 2.53. The zero-order valence-electron chi connectivity index (χ0n) is 19.1. The summed E-state index contributed by atoms with van der Waals surface area (Å²) in [6.07, 6.45) is 0.746. The lowest BCUT2D eigenvalue weighted by molar-refractivity contribution is -0.187. The van der Waals surface area contributed by atoms with Gasteiger partial charge in [-0.25, -0.2) is 8.42 Å². The standard InChI is InChI=1S/C24H27BrF2N2O4S/c1-22(2,19-11-18(34(3,31)32)10-14-6-7-33-21(14)19)13-23(30,24(26,27)28)12-17-9-15-8-16(25)4-5-20(15)29-17/h4-5,8-11,29-30H,6-7,12-13,28H2,1-3H3. The first kappa shape index (κ1) is 25.1. The van der Waals surface area contributed by atoms with Crippen molar-refractivity contribution in [3.63, 3.8) is 0 Å². The minimum atomic E-state index is -3.93. The van der Waals surface area contributed by atoms with Gasteiger partial charge in [-0.2, -0.15) is 8.78 Å². The number of H-pyrrole nitrogens is 1. The highest BCUT2D eigenvalue weighted by atomic mass is 79.9. The quantitative estimate of drug-likeness (QED) is 0.372. The number of nitrogens with one attached hydrogen (secondary N) is 1. The second-order valence-electron chi connectivity index (χ2n) is 9.75. The van der Waals surface area contributed by atoms with Crippen LogP contribution in [0.5, 0.6) is 5.75 Å². The second-order valence-corrected chi connectivity index (χ2v) is 12.7. The Labute approximate surface area is 205 Å². The van der Waals surface area contributed by atoms with Gasteiger partial charge >= 0.3 is 6.05 Å². The molecule has 1 aliphatic rings. The van der Waals surface area contributed by atoms with Gasteiger partial charge in [0.05, 0.1) is 11.5 Å². The summed E-state index contributed by atoms with van der Waals surface area (Å²) in [6, 6.07) is 6.26. The molecule has 6 nitrogen and oxygen atoms in total. The molecule has 0 saturated heterocycles. The summed E-state index contributed by atoms with van der Waals surface area (Å²) >= 11 is 3.39. The Balaban J connectivity index is 1.75. The molecule has 2 aromatic carbocycles. The van der Waals surface area contributed by atoms with Crippen molar-refractivity contribution in [2.24, 2.45) is 5.73 Å². The zero-order chi connectivity index (χ0) is 25.1. The Kier molecular flexibility index (Phi) is 6.12. The third kappa shape index (κ3) is 4.73. The highest BCUT2D eigenvalue weighted by Crippen LogP contribution is 2.46. The molecule has 0 fully saturated rings. The monoisotopic (exact) mass is 556 g/mol. The number of benzene rings is 2. The fourth-order valence-electron chi connectivity index (χ4n) is 4.69. The zero-order valence-corrected chi connectivity index (χ0v) is 21.5. The summed E-state index contributed by atoms with van der Waals surface area (Å²) in [5.74, 6) is 0.482. The molecule has 10 heteroatoms. The molecule has 0 aliphatic carbocycles. The van der Waals surface area contributed by atoms with E-state index in [1.807, 2.05) is 18.2 Å². The molecule has 0 saturated carbocycles. The number of alkyl halides is 2. The van der Waals surface area contributed by atoms with E-state index in [4.69, 9.17) is 10.5 Å². The van der Waals surface area contributed by atoms with E-state index in [9.17, 15) is 22.3 Å². The van der Waals surface area contributed by atoms with Crippen LogP contribution in [0.25, 0.3) is 10.9 Å². The molecule has 1 aromatic heterocycles. The van der Waals surface area contributed by atoms with Crippen molar-refractivity contribution in [3.05, 3.63) is 57.7 Å². The molecule has 34 heavy (non-hydrogen) atoms. The number of ether oxygens (including phenoxy) is 1. The topological polar surface area (TPSA) is 105 Å². The second kappa shape index (κ2) is 8.29. The molecule has 4 rings (SSSR count). The van der Waals surface area contributed by atoms with Gasteiger partial charge in [-0.1, -0.05) is 29.8 Å². The Morgan fingerprint density at radius 3 is 2.56 bits per heavy atom. The van der Waals surface area contributed by atoms with Crippen LogP contribution in [-0.4, -0.2) is 43.0 Å². The van der Waals surface area contributed by atoms with Gasteiger partial charge in [-0.3, -0.25) is 5.73 Å². The van der Waals surface area contributed by atoms with Gasteiger partial charge in [0.1, 0.15) is 11.4 Å². The Hall–Kier alpha value is -2.01. The maximum absolute atomic E-state index is 14.7. The van der Waals surface area contributed by atoms with Crippen LogP contribution in [-0.2, 0) is 28.1 Å².